The Hall–Kier alpha value is -0.150. The number of aliphatic hydroxyl groups excluding tert-OH is 3. The molecule has 10 heteroatoms. The Morgan fingerprint density at radius 1 is 1.15 bits per heavy atom. The van der Waals surface area contributed by atoms with Crippen molar-refractivity contribution >= 4 is 7.60 Å². The van der Waals surface area contributed by atoms with Crippen LogP contribution in [0.2, 0.25) is 0 Å². The van der Waals surface area contributed by atoms with Crippen LogP contribution in [0.4, 0.5) is 8.78 Å². The van der Waals surface area contributed by atoms with Gasteiger partial charge in [0.1, 0.15) is 12.2 Å². The Bertz CT molecular complexity index is 358. The SMILES string of the molecule is CCOP(=O)(OCC)C(F)(F)C[C@H]1OC(O)C(O)[C@@H]1O. The van der Waals surface area contributed by atoms with E-state index >= 15 is 0 Å². The van der Waals surface area contributed by atoms with E-state index in [1.54, 1.807) is 0 Å². The molecule has 3 N–H and O–H groups in total. The molecular formula is C10H19F2O7P. The summed E-state index contributed by atoms with van der Waals surface area (Å²) >= 11 is 0. The molecule has 0 bridgehead atoms. The van der Waals surface area contributed by atoms with Crippen LogP contribution in [0.1, 0.15) is 20.3 Å². The minimum atomic E-state index is -4.73. The number of aliphatic hydroxyl groups is 3. The minimum absolute atomic E-state index is 0.244. The molecule has 1 rings (SSSR count). The Morgan fingerprint density at radius 3 is 2.00 bits per heavy atom. The molecule has 1 heterocycles. The standard InChI is InChI=1S/C10H19F2O7P/c1-3-17-20(16,18-4-2)10(11,12)5-6-7(13)8(14)9(15)19-6/h6-9,13-15H,3-5H2,1-2H3/t6-,7-,8?,9?/m1/s1. The first-order valence-corrected chi connectivity index (χ1v) is 7.69. The van der Waals surface area contributed by atoms with Crippen LogP contribution in [0.5, 0.6) is 0 Å². The molecule has 1 aliphatic rings. The molecule has 0 aromatic rings. The summed E-state index contributed by atoms with van der Waals surface area (Å²) < 4.78 is 53.9. The lowest BCUT2D eigenvalue weighted by atomic mass is 10.1. The summed E-state index contributed by atoms with van der Waals surface area (Å²) in [4.78, 5) is 0. The number of hydrogen-bond acceptors (Lipinski definition) is 7. The van der Waals surface area contributed by atoms with Gasteiger partial charge in [-0.2, -0.15) is 8.78 Å². The molecule has 1 aliphatic heterocycles. The highest BCUT2D eigenvalue weighted by molar-refractivity contribution is 7.55. The summed E-state index contributed by atoms with van der Waals surface area (Å²) in [5.41, 5.74) is -3.92. The van der Waals surface area contributed by atoms with E-state index in [1.165, 1.54) is 13.8 Å². The molecule has 0 saturated carbocycles. The molecule has 120 valence electrons. The van der Waals surface area contributed by atoms with Crippen LogP contribution in [-0.4, -0.2) is 58.8 Å². The van der Waals surface area contributed by atoms with Crippen molar-refractivity contribution in [2.45, 2.75) is 50.5 Å². The van der Waals surface area contributed by atoms with Crippen molar-refractivity contribution in [1.82, 2.24) is 0 Å². The fourth-order valence-electron chi connectivity index (χ4n) is 1.82. The molecule has 7 nitrogen and oxygen atoms in total. The Morgan fingerprint density at radius 2 is 1.65 bits per heavy atom. The normalized spacial score (nSPS) is 31.8. The van der Waals surface area contributed by atoms with Crippen LogP contribution in [-0.2, 0) is 18.3 Å². The fourth-order valence-corrected chi connectivity index (χ4v) is 3.35. The first-order chi connectivity index (χ1) is 9.18. The minimum Gasteiger partial charge on any atom is -0.387 e. The number of rotatable bonds is 7. The van der Waals surface area contributed by atoms with Crippen LogP contribution in [0.3, 0.4) is 0 Å². The topological polar surface area (TPSA) is 105 Å². The quantitative estimate of drug-likeness (QED) is 0.592. The van der Waals surface area contributed by atoms with Crippen LogP contribution < -0.4 is 0 Å². The van der Waals surface area contributed by atoms with Crippen molar-refractivity contribution in [2.24, 2.45) is 0 Å². The maximum atomic E-state index is 14.1. The van der Waals surface area contributed by atoms with Crippen molar-refractivity contribution < 1.29 is 42.4 Å². The Kier molecular flexibility index (Phi) is 6.03. The molecule has 2 unspecified atom stereocenters. The third-order valence-electron chi connectivity index (χ3n) is 2.78. The van der Waals surface area contributed by atoms with Gasteiger partial charge in [-0.05, 0) is 13.8 Å². The number of alkyl halides is 2. The summed E-state index contributed by atoms with van der Waals surface area (Å²) in [6, 6.07) is 0. The maximum absolute atomic E-state index is 14.1. The fraction of sp³-hybridized carbons (Fsp3) is 1.00. The second-order valence-corrected chi connectivity index (χ2v) is 6.41. The molecule has 0 amide bonds. The molecule has 1 saturated heterocycles. The van der Waals surface area contributed by atoms with Gasteiger partial charge in [-0.25, -0.2) is 0 Å². The lowest BCUT2D eigenvalue weighted by Crippen LogP contribution is -2.36. The summed E-state index contributed by atoms with van der Waals surface area (Å²) in [6.45, 7) is 2.28. The smallest absolute Gasteiger partial charge is 0.387 e. The Labute approximate surface area is 115 Å². The van der Waals surface area contributed by atoms with Crippen LogP contribution in [0, 0.1) is 0 Å². The van der Waals surface area contributed by atoms with E-state index in [2.05, 4.69) is 13.8 Å². The van der Waals surface area contributed by atoms with Crippen molar-refractivity contribution in [3.8, 4) is 0 Å². The summed E-state index contributed by atoms with van der Waals surface area (Å²) in [7, 11) is -4.73. The van der Waals surface area contributed by atoms with Gasteiger partial charge in [-0.15, -0.1) is 0 Å². The predicted molar refractivity (Wildman–Crippen MR) is 63.3 cm³/mol. The van der Waals surface area contributed by atoms with E-state index in [0.717, 1.165) is 0 Å². The average molecular weight is 320 g/mol. The first-order valence-electron chi connectivity index (χ1n) is 6.15. The van der Waals surface area contributed by atoms with E-state index in [1.807, 2.05) is 0 Å². The molecule has 0 radical (unpaired) electrons. The molecule has 0 aliphatic carbocycles. The van der Waals surface area contributed by atoms with Crippen LogP contribution >= 0.6 is 7.60 Å². The van der Waals surface area contributed by atoms with E-state index in [9.17, 15) is 23.6 Å². The summed E-state index contributed by atoms with van der Waals surface area (Å²) in [5, 5.41) is 27.9. The van der Waals surface area contributed by atoms with Crippen LogP contribution in [0.25, 0.3) is 0 Å². The molecular weight excluding hydrogens is 301 g/mol. The zero-order valence-electron chi connectivity index (χ0n) is 11.1. The van der Waals surface area contributed by atoms with Crippen molar-refractivity contribution in [2.75, 3.05) is 13.2 Å². The van der Waals surface area contributed by atoms with E-state index < -0.39 is 44.3 Å². The molecule has 4 atom stereocenters. The van der Waals surface area contributed by atoms with Gasteiger partial charge >= 0.3 is 13.3 Å². The van der Waals surface area contributed by atoms with E-state index in [0.29, 0.717) is 0 Å². The van der Waals surface area contributed by atoms with Gasteiger partial charge in [-0.1, -0.05) is 0 Å². The van der Waals surface area contributed by atoms with Crippen molar-refractivity contribution in [1.29, 1.82) is 0 Å². The van der Waals surface area contributed by atoms with E-state index in [-0.39, 0.29) is 13.2 Å². The third-order valence-corrected chi connectivity index (χ3v) is 4.96. The van der Waals surface area contributed by atoms with Gasteiger partial charge in [-0.3, -0.25) is 4.57 Å². The highest BCUT2D eigenvalue weighted by Gasteiger charge is 2.57. The van der Waals surface area contributed by atoms with Gasteiger partial charge in [0.05, 0.1) is 25.7 Å². The number of hydrogen-bond donors (Lipinski definition) is 3. The van der Waals surface area contributed by atoms with Crippen molar-refractivity contribution in [3.63, 3.8) is 0 Å². The first kappa shape index (κ1) is 17.9. The Balaban J connectivity index is 2.84. The van der Waals surface area contributed by atoms with Gasteiger partial charge in [0.15, 0.2) is 6.29 Å². The zero-order valence-corrected chi connectivity index (χ0v) is 12.0. The van der Waals surface area contributed by atoms with Crippen molar-refractivity contribution in [3.05, 3.63) is 0 Å². The monoisotopic (exact) mass is 320 g/mol. The summed E-state index contributed by atoms with van der Waals surface area (Å²) in [5.74, 6) is 0. The average Bonchev–Trinajstić information content (AvgIpc) is 2.57. The molecule has 0 aromatic heterocycles. The molecule has 1 fully saturated rings. The third kappa shape index (κ3) is 3.54. The number of halogens is 2. The maximum Gasteiger partial charge on any atom is 0.399 e. The van der Waals surface area contributed by atoms with Gasteiger partial charge in [0, 0.05) is 0 Å². The summed E-state index contributed by atoms with van der Waals surface area (Å²) in [6.07, 6.45) is -7.98. The van der Waals surface area contributed by atoms with E-state index in [4.69, 9.17) is 5.11 Å². The zero-order chi connectivity index (χ0) is 15.6. The van der Waals surface area contributed by atoms with Crippen LogP contribution in [0.15, 0.2) is 0 Å². The molecule has 20 heavy (non-hydrogen) atoms. The van der Waals surface area contributed by atoms with Gasteiger partial charge < -0.3 is 29.1 Å². The largest absolute Gasteiger partial charge is 0.399 e. The molecule has 0 aromatic carbocycles. The number of ether oxygens (including phenoxy) is 1. The second-order valence-electron chi connectivity index (χ2n) is 4.25. The predicted octanol–water partition coefficient (Wildman–Crippen LogP) is 0.674. The second kappa shape index (κ2) is 6.74. The lowest BCUT2D eigenvalue weighted by Gasteiger charge is -2.28. The van der Waals surface area contributed by atoms with Gasteiger partial charge in [0.25, 0.3) is 0 Å². The lowest BCUT2D eigenvalue weighted by molar-refractivity contribution is -0.136. The highest BCUT2D eigenvalue weighted by atomic mass is 31.2. The highest BCUT2D eigenvalue weighted by Crippen LogP contribution is 2.64. The van der Waals surface area contributed by atoms with Gasteiger partial charge in [0.2, 0.25) is 0 Å². The molecule has 0 spiro atoms.